The fraction of sp³-hybridized carbons (Fsp3) is 0.111. The molecule has 0 heterocycles. The van der Waals surface area contributed by atoms with Crippen molar-refractivity contribution in [2.45, 2.75) is 6.92 Å². The van der Waals surface area contributed by atoms with E-state index in [1.807, 2.05) is 19.1 Å². The van der Waals surface area contributed by atoms with Crippen LogP contribution in [0.2, 0.25) is 0 Å². The third kappa shape index (κ3) is 2.68. The molecule has 0 saturated heterocycles. The average molecular weight is 310 g/mol. The van der Waals surface area contributed by atoms with E-state index in [1.54, 1.807) is 24.3 Å². The highest BCUT2D eigenvalue weighted by atomic mass is 16.7. The van der Waals surface area contributed by atoms with Crippen molar-refractivity contribution in [3.05, 3.63) is 64.2 Å². The van der Waals surface area contributed by atoms with E-state index in [9.17, 15) is 14.7 Å². The highest BCUT2D eigenvalue weighted by molar-refractivity contribution is 6.12. The van der Waals surface area contributed by atoms with Gasteiger partial charge >= 0.3 is 6.16 Å². The lowest BCUT2D eigenvalue weighted by molar-refractivity contribution is 0.103. The first-order chi connectivity index (χ1) is 11.0. The number of ether oxygens (including phenoxy) is 2. The Morgan fingerprint density at radius 2 is 1.78 bits per heavy atom. The third-order valence-electron chi connectivity index (χ3n) is 3.64. The summed E-state index contributed by atoms with van der Waals surface area (Å²) in [5.74, 6) is -0.120. The molecule has 0 atom stereocenters. The lowest BCUT2D eigenvalue weighted by atomic mass is 9.90. The monoisotopic (exact) mass is 310 g/mol. The highest BCUT2D eigenvalue weighted by Crippen LogP contribution is 2.38. The molecule has 1 aliphatic carbocycles. The summed E-state index contributed by atoms with van der Waals surface area (Å²) < 4.78 is 9.33. The first-order valence-corrected chi connectivity index (χ1v) is 6.96. The zero-order valence-electron chi connectivity index (χ0n) is 12.6. The molecule has 1 N–H and O–H groups in total. The normalized spacial score (nSPS) is 11.8. The maximum absolute atomic E-state index is 12.5. The lowest BCUT2D eigenvalue weighted by Gasteiger charge is -2.20. The van der Waals surface area contributed by atoms with Crippen LogP contribution in [0.15, 0.2) is 36.4 Å². The first-order valence-electron chi connectivity index (χ1n) is 6.96. The van der Waals surface area contributed by atoms with Crippen molar-refractivity contribution in [3.8, 4) is 5.75 Å². The van der Waals surface area contributed by atoms with E-state index in [-0.39, 0.29) is 17.1 Å². The molecule has 0 fully saturated rings. The van der Waals surface area contributed by atoms with Crippen molar-refractivity contribution in [2.24, 2.45) is 0 Å². The van der Waals surface area contributed by atoms with E-state index in [0.717, 1.165) is 11.1 Å². The molecule has 23 heavy (non-hydrogen) atoms. The van der Waals surface area contributed by atoms with E-state index in [2.05, 4.69) is 4.74 Å². The smallest absolute Gasteiger partial charge is 0.507 e. The number of fused-ring (bicyclic) bond motifs is 1. The molecular weight excluding hydrogens is 296 g/mol. The van der Waals surface area contributed by atoms with Gasteiger partial charge in [-0.2, -0.15) is 0 Å². The van der Waals surface area contributed by atoms with Gasteiger partial charge in [-0.1, -0.05) is 29.8 Å². The van der Waals surface area contributed by atoms with Gasteiger partial charge in [0.25, 0.3) is 0 Å². The molecular formula is C18H14O5. The second kappa shape index (κ2) is 5.61. The Morgan fingerprint density at radius 1 is 1.09 bits per heavy atom. The average Bonchev–Trinajstić information content (AvgIpc) is 2.54. The first kappa shape index (κ1) is 14.8. The minimum Gasteiger partial charge on any atom is -0.507 e. The Balaban J connectivity index is 1.89. The van der Waals surface area contributed by atoms with Crippen LogP contribution >= 0.6 is 0 Å². The van der Waals surface area contributed by atoms with Crippen molar-refractivity contribution in [1.82, 2.24) is 0 Å². The molecule has 2 aromatic carbocycles. The molecule has 5 heteroatoms. The Kier molecular flexibility index (Phi) is 3.62. The molecule has 0 spiro atoms. The number of aromatic hydroxyl groups is 1. The quantitative estimate of drug-likeness (QED) is 0.693. The van der Waals surface area contributed by atoms with E-state index in [1.165, 1.54) is 13.2 Å². The molecule has 0 bridgehead atoms. The van der Waals surface area contributed by atoms with Gasteiger partial charge in [0.15, 0.2) is 5.78 Å². The molecule has 1 aliphatic rings. The van der Waals surface area contributed by atoms with Crippen molar-refractivity contribution < 1.29 is 24.2 Å². The summed E-state index contributed by atoms with van der Waals surface area (Å²) in [4.78, 5) is 23.6. The van der Waals surface area contributed by atoms with E-state index < -0.39 is 6.16 Å². The number of hydrogen-bond acceptors (Lipinski definition) is 5. The summed E-state index contributed by atoms with van der Waals surface area (Å²) in [5.41, 5.74) is 3.04. The van der Waals surface area contributed by atoms with Crippen LogP contribution < -0.4 is 0 Å². The summed E-state index contributed by atoms with van der Waals surface area (Å²) in [6.07, 6.45) is 0.777. The van der Waals surface area contributed by atoms with Crippen LogP contribution in [0.25, 0.3) is 11.8 Å². The SMILES string of the molecule is COC(=O)OC1=Cc2cc(C(=O)c3ccc(C)cc3)c(O)cc21. The minimum absolute atomic E-state index is 0.159. The molecule has 0 amide bonds. The Bertz CT molecular complexity index is 831. The molecule has 3 rings (SSSR count). The van der Waals surface area contributed by atoms with Gasteiger partial charge in [-0.15, -0.1) is 0 Å². The van der Waals surface area contributed by atoms with Gasteiger partial charge in [-0.3, -0.25) is 4.79 Å². The topological polar surface area (TPSA) is 72.8 Å². The maximum Gasteiger partial charge on any atom is 0.513 e. The largest absolute Gasteiger partial charge is 0.513 e. The number of carbonyl (C=O) groups is 2. The van der Waals surface area contributed by atoms with Crippen LogP contribution in [0.3, 0.4) is 0 Å². The lowest BCUT2D eigenvalue weighted by Crippen LogP contribution is -2.11. The summed E-state index contributed by atoms with van der Waals surface area (Å²) in [6.45, 7) is 1.94. The van der Waals surface area contributed by atoms with Crippen molar-refractivity contribution in [2.75, 3.05) is 7.11 Å². The number of phenols is 1. The van der Waals surface area contributed by atoms with Gasteiger partial charge in [0.1, 0.15) is 11.5 Å². The van der Waals surface area contributed by atoms with Gasteiger partial charge in [0.2, 0.25) is 0 Å². The summed E-state index contributed by atoms with van der Waals surface area (Å²) in [6, 6.07) is 10.1. The van der Waals surface area contributed by atoms with E-state index in [0.29, 0.717) is 16.9 Å². The number of rotatable bonds is 3. The number of ketones is 1. The van der Waals surface area contributed by atoms with Gasteiger partial charge in [0.05, 0.1) is 12.7 Å². The Hall–Kier alpha value is -3.08. The standard InChI is InChI=1S/C18H14O5/c1-10-3-5-11(6-4-10)17(20)14-7-12-8-16(23-18(21)22-2)13(12)9-15(14)19/h3-9,19H,1-2H3. The van der Waals surface area contributed by atoms with Crippen LogP contribution in [0.1, 0.15) is 32.6 Å². The van der Waals surface area contributed by atoms with Gasteiger partial charge < -0.3 is 14.6 Å². The maximum atomic E-state index is 12.5. The van der Waals surface area contributed by atoms with Crippen LogP contribution in [-0.2, 0) is 9.47 Å². The molecule has 0 aliphatic heterocycles. The molecule has 0 saturated carbocycles. The summed E-state index contributed by atoms with van der Waals surface area (Å²) in [5, 5.41) is 10.1. The summed E-state index contributed by atoms with van der Waals surface area (Å²) >= 11 is 0. The van der Waals surface area contributed by atoms with Gasteiger partial charge in [-0.05, 0) is 30.7 Å². The predicted octanol–water partition coefficient (Wildman–Crippen LogP) is 3.53. The van der Waals surface area contributed by atoms with Crippen LogP contribution in [-0.4, -0.2) is 24.2 Å². The number of aryl methyl sites for hydroxylation is 1. The number of benzene rings is 2. The van der Waals surface area contributed by atoms with Gasteiger partial charge in [0, 0.05) is 11.1 Å². The molecule has 5 nitrogen and oxygen atoms in total. The molecule has 0 unspecified atom stereocenters. The molecule has 2 aromatic rings. The number of phenolic OH excluding ortho intramolecular Hbond substituents is 1. The Labute approximate surface area is 132 Å². The van der Waals surface area contributed by atoms with Crippen molar-refractivity contribution >= 4 is 23.8 Å². The Morgan fingerprint density at radius 3 is 2.43 bits per heavy atom. The summed E-state index contributed by atoms with van der Waals surface area (Å²) in [7, 11) is 1.21. The second-order valence-electron chi connectivity index (χ2n) is 5.22. The fourth-order valence-electron chi connectivity index (χ4n) is 2.34. The number of hydrogen-bond donors (Lipinski definition) is 1. The van der Waals surface area contributed by atoms with Crippen LogP contribution in [0.5, 0.6) is 5.75 Å². The van der Waals surface area contributed by atoms with E-state index in [4.69, 9.17) is 4.74 Å². The van der Waals surface area contributed by atoms with Crippen LogP contribution in [0, 0.1) is 6.92 Å². The fourth-order valence-corrected chi connectivity index (χ4v) is 2.34. The molecule has 0 radical (unpaired) electrons. The number of carbonyl (C=O) groups excluding carboxylic acids is 2. The van der Waals surface area contributed by atoms with Gasteiger partial charge in [-0.25, -0.2) is 4.79 Å². The zero-order valence-corrected chi connectivity index (χ0v) is 12.6. The molecule has 116 valence electrons. The minimum atomic E-state index is -0.832. The predicted molar refractivity (Wildman–Crippen MR) is 84.1 cm³/mol. The van der Waals surface area contributed by atoms with Crippen LogP contribution in [0.4, 0.5) is 4.79 Å². The highest BCUT2D eigenvalue weighted by Gasteiger charge is 2.25. The third-order valence-corrected chi connectivity index (χ3v) is 3.64. The zero-order chi connectivity index (χ0) is 16.6. The second-order valence-corrected chi connectivity index (χ2v) is 5.22. The number of methoxy groups -OCH3 is 1. The van der Waals surface area contributed by atoms with Crippen molar-refractivity contribution in [3.63, 3.8) is 0 Å². The van der Waals surface area contributed by atoms with E-state index >= 15 is 0 Å². The van der Waals surface area contributed by atoms with Crippen molar-refractivity contribution in [1.29, 1.82) is 0 Å². The molecule has 0 aromatic heterocycles.